The van der Waals surface area contributed by atoms with Crippen molar-refractivity contribution in [3.8, 4) is 11.5 Å². The highest BCUT2D eigenvalue weighted by molar-refractivity contribution is 5.44. The van der Waals surface area contributed by atoms with Crippen molar-refractivity contribution in [2.45, 2.75) is 39.7 Å². The molecule has 0 radical (unpaired) electrons. The molecule has 1 aromatic rings. The van der Waals surface area contributed by atoms with Crippen LogP contribution in [-0.4, -0.2) is 13.4 Å². The van der Waals surface area contributed by atoms with Gasteiger partial charge in [0, 0.05) is 0 Å². The van der Waals surface area contributed by atoms with Gasteiger partial charge in [0.05, 0.1) is 13.2 Å². The summed E-state index contributed by atoms with van der Waals surface area (Å²) < 4.78 is 16.6. The number of allylic oxidation sites excluding steroid dienone is 1. The molecule has 0 N–H and O–H groups in total. The van der Waals surface area contributed by atoms with Gasteiger partial charge < -0.3 is 14.2 Å². The zero-order valence-corrected chi connectivity index (χ0v) is 13.4. The first-order valence-corrected chi connectivity index (χ1v) is 8.30. The van der Waals surface area contributed by atoms with E-state index < -0.39 is 0 Å². The molecule has 1 aromatic carbocycles. The molecule has 1 fully saturated rings. The molecule has 2 bridgehead atoms. The Kier molecular flexibility index (Phi) is 3.41. The third-order valence-corrected chi connectivity index (χ3v) is 5.82. The zero-order chi connectivity index (χ0) is 15.2. The maximum absolute atomic E-state index is 5.88. The molecular formula is C19H24O3. The average Bonchev–Trinajstić information content (AvgIpc) is 2.99. The molecule has 1 saturated carbocycles. The molecule has 118 valence electrons. The Morgan fingerprint density at radius 3 is 2.91 bits per heavy atom. The fraction of sp³-hybridized carbons (Fsp3) is 0.579. The SMILES string of the molecule is CC1(C)C2CC=C(CCOCc3ccc4c(c3)OCO4)C1C2. The van der Waals surface area contributed by atoms with Crippen LogP contribution in [0, 0.1) is 17.3 Å². The molecule has 0 aromatic heterocycles. The molecule has 1 aliphatic heterocycles. The maximum Gasteiger partial charge on any atom is 0.231 e. The summed E-state index contributed by atoms with van der Waals surface area (Å²) in [5, 5.41) is 0. The summed E-state index contributed by atoms with van der Waals surface area (Å²) >= 11 is 0. The number of ether oxygens (including phenoxy) is 3. The summed E-state index contributed by atoms with van der Waals surface area (Å²) in [5.74, 6) is 3.37. The number of rotatable bonds is 5. The van der Waals surface area contributed by atoms with E-state index in [2.05, 4.69) is 19.9 Å². The largest absolute Gasteiger partial charge is 0.454 e. The van der Waals surface area contributed by atoms with Crippen molar-refractivity contribution in [2.75, 3.05) is 13.4 Å². The van der Waals surface area contributed by atoms with E-state index in [0.29, 0.717) is 18.8 Å². The molecule has 5 rings (SSSR count). The Bertz CT molecular complexity index is 603. The van der Waals surface area contributed by atoms with Crippen LogP contribution in [0.3, 0.4) is 0 Å². The summed E-state index contributed by atoms with van der Waals surface area (Å²) in [6.07, 6.45) is 6.20. The molecule has 0 spiro atoms. The first-order valence-electron chi connectivity index (χ1n) is 8.30. The lowest BCUT2D eigenvalue weighted by molar-refractivity contribution is -0.0112. The van der Waals surface area contributed by atoms with Gasteiger partial charge in [-0.25, -0.2) is 0 Å². The van der Waals surface area contributed by atoms with Crippen LogP contribution in [-0.2, 0) is 11.3 Å². The van der Waals surface area contributed by atoms with Gasteiger partial charge in [0.15, 0.2) is 11.5 Å². The molecule has 3 aliphatic carbocycles. The van der Waals surface area contributed by atoms with Crippen LogP contribution in [0.4, 0.5) is 0 Å². The molecule has 3 heteroatoms. The first kappa shape index (κ1) is 14.1. The van der Waals surface area contributed by atoms with Crippen LogP contribution in [0.1, 0.15) is 38.7 Å². The van der Waals surface area contributed by atoms with Crippen LogP contribution in [0.2, 0.25) is 0 Å². The zero-order valence-electron chi connectivity index (χ0n) is 13.4. The quantitative estimate of drug-likeness (QED) is 0.599. The molecule has 3 nitrogen and oxygen atoms in total. The van der Waals surface area contributed by atoms with E-state index in [-0.39, 0.29) is 0 Å². The van der Waals surface area contributed by atoms with Gasteiger partial charge in [-0.3, -0.25) is 0 Å². The summed E-state index contributed by atoms with van der Waals surface area (Å²) in [5.41, 5.74) is 3.28. The molecular weight excluding hydrogens is 276 g/mol. The summed E-state index contributed by atoms with van der Waals surface area (Å²) in [7, 11) is 0. The number of benzene rings is 1. The average molecular weight is 300 g/mol. The summed E-state index contributed by atoms with van der Waals surface area (Å²) in [6, 6.07) is 6.02. The van der Waals surface area contributed by atoms with Crippen molar-refractivity contribution in [1.82, 2.24) is 0 Å². The number of hydrogen-bond acceptors (Lipinski definition) is 3. The van der Waals surface area contributed by atoms with Gasteiger partial charge in [0.25, 0.3) is 0 Å². The van der Waals surface area contributed by atoms with E-state index in [1.54, 1.807) is 5.57 Å². The predicted octanol–water partition coefficient (Wildman–Crippen LogP) is 4.31. The molecule has 22 heavy (non-hydrogen) atoms. The Balaban J connectivity index is 1.27. The van der Waals surface area contributed by atoms with Crippen molar-refractivity contribution in [2.24, 2.45) is 17.3 Å². The summed E-state index contributed by atoms with van der Waals surface area (Å²) in [6.45, 7) is 6.61. The molecule has 2 unspecified atom stereocenters. The van der Waals surface area contributed by atoms with Gasteiger partial charge in [-0.05, 0) is 54.2 Å². The second kappa shape index (κ2) is 5.31. The first-order chi connectivity index (χ1) is 10.6. The van der Waals surface area contributed by atoms with Crippen LogP contribution >= 0.6 is 0 Å². The topological polar surface area (TPSA) is 27.7 Å². The second-order valence-corrected chi connectivity index (χ2v) is 7.31. The van der Waals surface area contributed by atoms with Crippen molar-refractivity contribution >= 4 is 0 Å². The second-order valence-electron chi connectivity index (χ2n) is 7.31. The van der Waals surface area contributed by atoms with E-state index in [1.807, 2.05) is 18.2 Å². The van der Waals surface area contributed by atoms with Gasteiger partial charge >= 0.3 is 0 Å². The van der Waals surface area contributed by atoms with E-state index in [1.165, 1.54) is 12.8 Å². The highest BCUT2D eigenvalue weighted by atomic mass is 16.7. The van der Waals surface area contributed by atoms with Crippen LogP contribution in [0.25, 0.3) is 0 Å². The minimum Gasteiger partial charge on any atom is -0.454 e. The molecule has 4 aliphatic rings. The van der Waals surface area contributed by atoms with Gasteiger partial charge in [0.2, 0.25) is 6.79 Å². The highest BCUT2D eigenvalue weighted by Gasteiger charge is 2.50. The minimum absolute atomic E-state index is 0.325. The molecule has 1 heterocycles. The Labute approximate surface area is 132 Å². The van der Waals surface area contributed by atoms with E-state index in [4.69, 9.17) is 14.2 Å². The lowest BCUT2D eigenvalue weighted by atomic mass is 9.48. The number of hydrogen-bond donors (Lipinski definition) is 0. The van der Waals surface area contributed by atoms with E-state index in [0.717, 1.165) is 41.9 Å². The van der Waals surface area contributed by atoms with E-state index >= 15 is 0 Å². The third-order valence-electron chi connectivity index (χ3n) is 5.82. The molecule has 2 atom stereocenters. The van der Waals surface area contributed by atoms with Crippen LogP contribution in [0.15, 0.2) is 29.8 Å². The van der Waals surface area contributed by atoms with Crippen molar-refractivity contribution in [3.63, 3.8) is 0 Å². The monoisotopic (exact) mass is 300 g/mol. The molecule has 0 saturated heterocycles. The third kappa shape index (κ3) is 2.32. The summed E-state index contributed by atoms with van der Waals surface area (Å²) in [4.78, 5) is 0. The van der Waals surface area contributed by atoms with Crippen LogP contribution < -0.4 is 9.47 Å². The maximum atomic E-state index is 5.88. The van der Waals surface area contributed by atoms with Crippen molar-refractivity contribution in [3.05, 3.63) is 35.4 Å². The van der Waals surface area contributed by atoms with Gasteiger partial charge in [-0.1, -0.05) is 31.6 Å². The van der Waals surface area contributed by atoms with E-state index in [9.17, 15) is 0 Å². The van der Waals surface area contributed by atoms with Gasteiger partial charge in [0.1, 0.15) is 0 Å². The van der Waals surface area contributed by atoms with Gasteiger partial charge in [-0.15, -0.1) is 0 Å². The van der Waals surface area contributed by atoms with Crippen molar-refractivity contribution < 1.29 is 14.2 Å². The Hall–Kier alpha value is -1.48. The minimum atomic E-state index is 0.325. The number of fused-ring (bicyclic) bond motifs is 2. The standard InChI is InChI=1S/C19H24O3/c1-19(2)15-5-4-14(16(19)10-15)7-8-20-11-13-3-6-17-18(9-13)22-12-21-17/h3-4,6,9,15-16H,5,7-8,10-12H2,1-2H3. The van der Waals surface area contributed by atoms with Crippen LogP contribution in [0.5, 0.6) is 11.5 Å². The highest BCUT2D eigenvalue weighted by Crippen LogP contribution is 2.59. The Morgan fingerprint density at radius 2 is 2.09 bits per heavy atom. The lowest BCUT2D eigenvalue weighted by Gasteiger charge is -2.56. The Morgan fingerprint density at radius 1 is 1.23 bits per heavy atom. The fourth-order valence-corrected chi connectivity index (χ4v) is 4.17. The lowest BCUT2D eigenvalue weighted by Crippen LogP contribution is -2.48. The predicted molar refractivity (Wildman–Crippen MR) is 84.9 cm³/mol. The van der Waals surface area contributed by atoms with Crippen molar-refractivity contribution in [1.29, 1.82) is 0 Å². The smallest absolute Gasteiger partial charge is 0.231 e. The van der Waals surface area contributed by atoms with Gasteiger partial charge in [-0.2, -0.15) is 0 Å². The molecule has 0 amide bonds. The normalized spacial score (nSPS) is 27.3. The fourth-order valence-electron chi connectivity index (χ4n) is 4.17.